The second-order valence-corrected chi connectivity index (χ2v) is 2.55. The van der Waals surface area contributed by atoms with Gasteiger partial charge in [-0.2, -0.15) is 15.0 Å². The molecule has 0 saturated carbocycles. The average Bonchev–Trinajstić information content (AvgIpc) is 2.31. The van der Waals surface area contributed by atoms with Crippen molar-refractivity contribution < 1.29 is 0 Å². The monoisotopic (exact) mass is 155 g/mol. The molecule has 0 saturated heterocycles. The van der Waals surface area contributed by atoms with Crippen LogP contribution in [0.4, 0.5) is 0 Å². The van der Waals surface area contributed by atoms with Crippen LogP contribution in [0.1, 0.15) is 5.69 Å². The molecule has 0 spiro atoms. The summed E-state index contributed by atoms with van der Waals surface area (Å²) in [6.07, 6.45) is 1.75. The van der Waals surface area contributed by atoms with Gasteiger partial charge in [0.25, 0.3) is 0 Å². The van der Waals surface area contributed by atoms with Crippen LogP contribution in [0.15, 0.2) is 6.20 Å². The van der Waals surface area contributed by atoms with Gasteiger partial charge in [0.05, 0.1) is 18.4 Å². The zero-order valence-corrected chi connectivity index (χ0v) is 7.07. The Morgan fingerprint density at radius 2 is 2.36 bits per heavy atom. The highest BCUT2D eigenvalue weighted by atomic mass is 15.5. The Morgan fingerprint density at radius 3 is 2.82 bits per heavy atom. The molecule has 0 atom stereocenters. The van der Waals surface area contributed by atoms with Crippen LogP contribution >= 0.6 is 0 Å². The van der Waals surface area contributed by atoms with Crippen LogP contribution in [0.5, 0.6) is 0 Å². The maximum Gasteiger partial charge on any atom is 0.0979 e. The summed E-state index contributed by atoms with van der Waals surface area (Å²) in [5.74, 6) is 0. The molecule has 1 aromatic rings. The van der Waals surface area contributed by atoms with Gasteiger partial charge in [-0.15, -0.1) is 0 Å². The van der Waals surface area contributed by atoms with Crippen molar-refractivity contribution in [3.8, 4) is 0 Å². The third-order valence-electron chi connectivity index (χ3n) is 1.22. The molecule has 1 aromatic heterocycles. The fraction of sp³-hybridized carbons (Fsp3) is 0.667. The number of nitrogens with one attached hydrogen (secondary N) is 1. The summed E-state index contributed by atoms with van der Waals surface area (Å²) in [6.45, 7) is 0.723. The number of hydrogen-bond donors (Lipinski definition) is 1. The third-order valence-corrected chi connectivity index (χ3v) is 1.22. The standard InChI is InChI=1S/C6H13N5/c1-10(2)7-4-6-5-8-11(3)9-6/h5,7H,4H2,1-3H3. The van der Waals surface area contributed by atoms with E-state index in [1.54, 1.807) is 18.0 Å². The minimum atomic E-state index is 0.723. The third kappa shape index (κ3) is 2.65. The van der Waals surface area contributed by atoms with E-state index >= 15 is 0 Å². The Balaban J connectivity index is 2.39. The summed E-state index contributed by atoms with van der Waals surface area (Å²) in [4.78, 5) is 1.55. The van der Waals surface area contributed by atoms with Crippen LogP contribution in [0.2, 0.25) is 0 Å². The van der Waals surface area contributed by atoms with Crippen molar-refractivity contribution >= 4 is 0 Å². The normalized spacial score (nSPS) is 10.9. The highest BCUT2D eigenvalue weighted by Crippen LogP contribution is 1.88. The van der Waals surface area contributed by atoms with Crippen molar-refractivity contribution in [2.24, 2.45) is 7.05 Å². The van der Waals surface area contributed by atoms with E-state index in [1.165, 1.54) is 0 Å². The predicted molar refractivity (Wildman–Crippen MR) is 41.5 cm³/mol. The summed E-state index contributed by atoms with van der Waals surface area (Å²) in [6, 6.07) is 0. The van der Waals surface area contributed by atoms with E-state index in [-0.39, 0.29) is 0 Å². The van der Waals surface area contributed by atoms with Crippen LogP contribution in [0.3, 0.4) is 0 Å². The van der Waals surface area contributed by atoms with E-state index in [4.69, 9.17) is 0 Å². The first kappa shape index (κ1) is 8.16. The Morgan fingerprint density at radius 1 is 1.64 bits per heavy atom. The zero-order valence-electron chi connectivity index (χ0n) is 7.07. The van der Waals surface area contributed by atoms with Gasteiger partial charge in [0, 0.05) is 21.1 Å². The number of nitrogens with zero attached hydrogens (tertiary/aromatic N) is 4. The van der Waals surface area contributed by atoms with E-state index in [2.05, 4.69) is 15.6 Å². The van der Waals surface area contributed by atoms with E-state index in [1.807, 2.05) is 19.1 Å². The molecular formula is C6H13N5. The first-order valence-corrected chi connectivity index (χ1v) is 3.44. The minimum Gasteiger partial charge on any atom is -0.250 e. The van der Waals surface area contributed by atoms with Gasteiger partial charge in [-0.25, -0.2) is 5.43 Å². The largest absolute Gasteiger partial charge is 0.250 e. The second kappa shape index (κ2) is 3.45. The molecule has 5 heteroatoms. The topological polar surface area (TPSA) is 46.0 Å². The van der Waals surface area contributed by atoms with Gasteiger partial charge < -0.3 is 0 Å². The number of aromatic nitrogens is 3. The average molecular weight is 155 g/mol. The number of hydrazine groups is 1. The maximum atomic E-state index is 4.10. The lowest BCUT2D eigenvalue weighted by Crippen LogP contribution is -2.29. The van der Waals surface area contributed by atoms with Gasteiger partial charge in [0.2, 0.25) is 0 Å². The first-order valence-electron chi connectivity index (χ1n) is 3.44. The minimum absolute atomic E-state index is 0.723. The van der Waals surface area contributed by atoms with E-state index in [9.17, 15) is 0 Å². The number of aryl methyl sites for hydroxylation is 1. The maximum absolute atomic E-state index is 4.10. The molecular weight excluding hydrogens is 142 g/mol. The van der Waals surface area contributed by atoms with Gasteiger partial charge in [-0.3, -0.25) is 5.01 Å². The second-order valence-electron chi connectivity index (χ2n) is 2.55. The molecule has 0 aromatic carbocycles. The van der Waals surface area contributed by atoms with Crippen molar-refractivity contribution in [1.29, 1.82) is 0 Å². The molecule has 11 heavy (non-hydrogen) atoms. The lowest BCUT2D eigenvalue weighted by Gasteiger charge is -2.08. The Labute approximate surface area is 66.0 Å². The first-order chi connectivity index (χ1) is 5.18. The zero-order chi connectivity index (χ0) is 8.27. The molecule has 5 nitrogen and oxygen atoms in total. The van der Waals surface area contributed by atoms with Crippen molar-refractivity contribution in [3.63, 3.8) is 0 Å². The molecule has 1 rings (SSSR count). The highest BCUT2D eigenvalue weighted by Gasteiger charge is 1.96. The summed E-state index contributed by atoms with van der Waals surface area (Å²) in [5.41, 5.74) is 4.04. The van der Waals surface area contributed by atoms with E-state index in [0.717, 1.165) is 12.2 Å². The molecule has 62 valence electrons. The Kier molecular flexibility index (Phi) is 2.56. The molecule has 1 N–H and O–H groups in total. The molecule has 0 unspecified atom stereocenters. The number of hydrogen-bond acceptors (Lipinski definition) is 4. The summed E-state index contributed by atoms with van der Waals surface area (Å²) in [7, 11) is 5.69. The van der Waals surface area contributed by atoms with Gasteiger partial charge in [-0.1, -0.05) is 0 Å². The van der Waals surface area contributed by atoms with Crippen LogP contribution in [-0.4, -0.2) is 34.1 Å². The highest BCUT2D eigenvalue weighted by molar-refractivity contribution is 4.89. The fourth-order valence-electron chi connectivity index (χ4n) is 0.708. The van der Waals surface area contributed by atoms with Crippen molar-refractivity contribution in [1.82, 2.24) is 25.4 Å². The van der Waals surface area contributed by atoms with Gasteiger partial charge >= 0.3 is 0 Å². The van der Waals surface area contributed by atoms with E-state index in [0.29, 0.717) is 0 Å². The number of rotatable bonds is 3. The Bertz CT molecular complexity index is 217. The van der Waals surface area contributed by atoms with Crippen molar-refractivity contribution in [2.75, 3.05) is 14.1 Å². The van der Waals surface area contributed by atoms with Gasteiger partial charge in [-0.05, 0) is 0 Å². The summed E-state index contributed by atoms with van der Waals surface area (Å²) >= 11 is 0. The summed E-state index contributed by atoms with van der Waals surface area (Å²) < 4.78 is 0. The van der Waals surface area contributed by atoms with Gasteiger partial charge in [0.15, 0.2) is 0 Å². The molecule has 0 fully saturated rings. The van der Waals surface area contributed by atoms with Crippen LogP contribution in [0.25, 0.3) is 0 Å². The molecule has 1 heterocycles. The van der Waals surface area contributed by atoms with Crippen molar-refractivity contribution in [3.05, 3.63) is 11.9 Å². The smallest absolute Gasteiger partial charge is 0.0979 e. The predicted octanol–water partition coefficient (Wildman–Crippen LogP) is -0.619. The molecule has 0 bridgehead atoms. The van der Waals surface area contributed by atoms with Crippen LogP contribution in [0, 0.1) is 0 Å². The fourth-order valence-corrected chi connectivity index (χ4v) is 0.708. The molecule has 0 radical (unpaired) electrons. The van der Waals surface area contributed by atoms with Gasteiger partial charge in [0.1, 0.15) is 0 Å². The van der Waals surface area contributed by atoms with Crippen LogP contribution in [-0.2, 0) is 13.6 Å². The molecule has 0 aliphatic carbocycles. The molecule has 0 aliphatic rings. The summed E-state index contributed by atoms with van der Waals surface area (Å²) in [5, 5.41) is 9.92. The quantitative estimate of drug-likeness (QED) is 0.591. The van der Waals surface area contributed by atoms with Crippen LogP contribution < -0.4 is 5.43 Å². The molecule has 0 amide bonds. The molecule has 0 aliphatic heterocycles. The Hall–Kier alpha value is -0.940. The lowest BCUT2D eigenvalue weighted by atomic mass is 10.5. The lowest BCUT2D eigenvalue weighted by molar-refractivity contribution is 0.283. The van der Waals surface area contributed by atoms with E-state index < -0.39 is 0 Å². The van der Waals surface area contributed by atoms with Crippen molar-refractivity contribution in [2.45, 2.75) is 6.54 Å². The SMILES string of the molecule is CN(C)NCc1cnn(C)n1.